The number of carbonyl (C=O) groups is 1. The summed E-state index contributed by atoms with van der Waals surface area (Å²) in [6.07, 6.45) is 1.80. The summed E-state index contributed by atoms with van der Waals surface area (Å²) in [5.41, 5.74) is 3.37. The molecule has 3 heterocycles. The second-order valence-electron chi connectivity index (χ2n) is 8.38. The van der Waals surface area contributed by atoms with Crippen LogP contribution in [-0.2, 0) is 9.53 Å². The Balaban J connectivity index is 1.66. The number of hydrogen-bond acceptors (Lipinski definition) is 8. The minimum atomic E-state index is -0.568. The molecule has 2 aliphatic heterocycles. The Morgan fingerprint density at radius 3 is 2.66 bits per heavy atom. The van der Waals surface area contributed by atoms with Gasteiger partial charge in [0.05, 0.1) is 16.7 Å². The lowest BCUT2D eigenvalue weighted by atomic mass is 9.96. The zero-order valence-corrected chi connectivity index (χ0v) is 20.7. The van der Waals surface area contributed by atoms with E-state index < -0.39 is 12.0 Å². The average Bonchev–Trinajstić information content (AvgIpc) is 3.43. The molecule has 0 saturated carbocycles. The van der Waals surface area contributed by atoms with Gasteiger partial charge < -0.3 is 19.1 Å². The third-order valence-corrected chi connectivity index (χ3v) is 6.94. The normalized spacial score (nSPS) is 16.7. The van der Waals surface area contributed by atoms with Crippen LogP contribution in [-0.4, -0.2) is 38.0 Å². The third-order valence-electron chi connectivity index (χ3n) is 5.96. The second-order valence-corrected chi connectivity index (χ2v) is 9.39. The fourth-order valence-electron chi connectivity index (χ4n) is 4.17. The zero-order valence-electron chi connectivity index (χ0n) is 19.9. The van der Waals surface area contributed by atoms with E-state index in [2.05, 4.69) is 0 Å². The molecule has 5 rings (SSSR count). The van der Waals surface area contributed by atoms with Crippen LogP contribution in [0.4, 0.5) is 5.69 Å². The van der Waals surface area contributed by atoms with Gasteiger partial charge in [0.2, 0.25) is 6.79 Å². The fraction of sp³-hybridized carbons (Fsp3) is 0.269. The number of esters is 1. The van der Waals surface area contributed by atoms with Crippen LogP contribution >= 0.6 is 11.3 Å². The van der Waals surface area contributed by atoms with E-state index in [0.29, 0.717) is 32.1 Å². The number of aromatic nitrogens is 1. The molecule has 2 aromatic carbocycles. The maximum atomic E-state index is 13.4. The molecule has 0 bridgehead atoms. The van der Waals surface area contributed by atoms with Gasteiger partial charge >= 0.3 is 5.97 Å². The summed E-state index contributed by atoms with van der Waals surface area (Å²) in [6, 6.07) is 12.8. The van der Waals surface area contributed by atoms with Crippen molar-refractivity contribution in [2.45, 2.75) is 19.9 Å². The summed E-state index contributed by atoms with van der Waals surface area (Å²) in [5.74, 6) is 0.854. The molecule has 8 nitrogen and oxygen atoms in total. The summed E-state index contributed by atoms with van der Waals surface area (Å²) in [5, 5.41) is 0. The number of ether oxygens (including phenoxy) is 3. The molecule has 0 radical (unpaired) electrons. The predicted molar refractivity (Wildman–Crippen MR) is 135 cm³/mol. The fourth-order valence-corrected chi connectivity index (χ4v) is 5.21. The Hall–Kier alpha value is -3.85. The first kappa shape index (κ1) is 22.9. The molecule has 0 spiro atoms. The van der Waals surface area contributed by atoms with Crippen LogP contribution in [0.3, 0.4) is 0 Å². The van der Waals surface area contributed by atoms with Gasteiger partial charge in [-0.2, -0.15) is 0 Å². The van der Waals surface area contributed by atoms with E-state index in [1.807, 2.05) is 61.5 Å². The smallest absolute Gasteiger partial charge is 0.338 e. The molecule has 0 saturated heterocycles. The second kappa shape index (κ2) is 9.07. The Morgan fingerprint density at radius 2 is 1.94 bits per heavy atom. The van der Waals surface area contributed by atoms with Crippen molar-refractivity contribution in [3.05, 3.63) is 78.9 Å². The topological polar surface area (TPSA) is 82.4 Å². The number of anilines is 1. The number of fused-ring (bicyclic) bond motifs is 2. The summed E-state index contributed by atoms with van der Waals surface area (Å²) in [7, 11) is 3.94. The lowest BCUT2D eigenvalue weighted by Crippen LogP contribution is -2.35. The van der Waals surface area contributed by atoms with E-state index in [-0.39, 0.29) is 19.0 Å². The number of carbonyl (C=O) groups excluding carboxylic acids is 1. The van der Waals surface area contributed by atoms with Crippen LogP contribution in [0.2, 0.25) is 0 Å². The maximum Gasteiger partial charge on any atom is 0.338 e. The first-order valence-corrected chi connectivity index (χ1v) is 12.1. The lowest BCUT2D eigenvalue weighted by Gasteiger charge is -2.23. The van der Waals surface area contributed by atoms with Gasteiger partial charge in [0.25, 0.3) is 5.56 Å². The van der Waals surface area contributed by atoms with Crippen molar-refractivity contribution in [1.82, 2.24) is 4.57 Å². The predicted octanol–water partition coefficient (Wildman–Crippen LogP) is 2.70. The first-order valence-electron chi connectivity index (χ1n) is 11.2. The monoisotopic (exact) mass is 491 g/mol. The van der Waals surface area contributed by atoms with E-state index in [9.17, 15) is 9.59 Å². The third kappa shape index (κ3) is 4.12. The highest BCUT2D eigenvalue weighted by atomic mass is 32.1. The molecule has 3 aromatic rings. The molecular weight excluding hydrogens is 466 g/mol. The van der Waals surface area contributed by atoms with Crippen molar-refractivity contribution in [3.63, 3.8) is 0 Å². The van der Waals surface area contributed by atoms with E-state index in [4.69, 9.17) is 19.2 Å². The Labute approximate surface area is 206 Å². The Bertz CT molecular complexity index is 1520. The highest BCUT2D eigenvalue weighted by molar-refractivity contribution is 7.07. The number of thiazole rings is 1. The molecule has 2 aliphatic rings. The minimum Gasteiger partial charge on any atom is -0.463 e. The number of hydrogen-bond donors (Lipinski definition) is 0. The standard InChI is InChI=1S/C26H25N3O5S/c1-5-32-25(31)22-15(2)29-24(30)21(13-16-6-11-19-20(12-16)34-14-33-19)35-26(29)27-23(22)17-7-9-18(10-8-17)28(3)4/h6-13,23H,5,14H2,1-4H3/b21-13-/t23-/m1/s1. The van der Waals surface area contributed by atoms with E-state index >= 15 is 0 Å². The molecule has 0 amide bonds. The van der Waals surface area contributed by atoms with Gasteiger partial charge in [0.1, 0.15) is 6.04 Å². The maximum absolute atomic E-state index is 13.4. The van der Waals surface area contributed by atoms with Gasteiger partial charge in [-0.3, -0.25) is 9.36 Å². The van der Waals surface area contributed by atoms with Gasteiger partial charge in [0.15, 0.2) is 16.3 Å². The van der Waals surface area contributed by atoms with Gasteiger partial charge in [0, 0.05) is 25.5 Å². The quantitative estimate of drug-likeness (QED) is 0.511. The summed E-state index contributed by atoms with van der Waals surface area (Å²) < 4.78 is 18.2. The molecule has 9 heteroatoms. The Morgan fingerprint density at radius 1 is 1.20 bits per heavy atom. The highest BCUT2D eigenvalue weighted by Gasteiger charge is 2.31. The largest absolute Gasteiger partial charge is 0.463 e. The van der Waals surface area contributed by atoms with Gasteiger partial charge in [-0.25, -0.2) is 9.79 Å². The Kier molecular flexibility index (Phi) is 5.94. The van der Waals surface area contributed by atoms with Crippen LogP contribution in [0.1, 0.15) is 31.0 Å². The number of allylic oxidation sites excluding steroid dienone is 1. The number of nitrogens with zero attached hydrogens (tertiary/aromatic N) is 3. The summed E-state index contributed by atoms with van der Waals surface area (Å²) in [6.45, 7) is 3.95. The SMILES string of the molecule is CCOC(=O)C1=C(C)n2c(s/c(=C\c3ccc4c(c3)OCO4)c2=O)=N[C@@H]1c1ccc(N(C)C)cc1. The van der Waals surface area contributed by atoms with Gasteiger partial charge in [-0.1, -0.05) is 29.5 Å². The van der Waals surface area contributed by atoms with Crippen molar-refractivity contribution in [1.29, 1.82) is 0 Å². The highest BCUT2D eigenvalue weighted by Crippen LogP contribution is 2.34. The molecule has 0 unspecified atom stereocenters. The summed E-state index contributed by atoms with van der Waals surface area (Å²) in [4.78, 5) is 33.8. The van der Waals surface area contributed by atoms with Crippen LogP contribution in [0.25, 0.3) is 11.8 Å². The van der Waals surface area contributed by atoms with Crippen LogP contribution < -0.4 is 29.3 Å². The van der Waals surface area contributed by atoms with Gasteiger partial charge in [-0.15, -0.1) is 0 Å². The summed E-state index contributed by atoms with van der Waals surface area (Å²) >= 11 is 1.29. The molecule has 0 fully saturated rings. The molecule has 0 aliphatic carbocycles. The molecule has 1 atom stereocenters. The van der Waals surface area contributed by atoms with Crippen molar-refractivity contribution in [3.8, 4) is 11.5 Å². The van der Waals surface area contributed by atoms with E-state index in [1.54, 1.807) is 19.9 Å². The van der Waals surface area contributed by atoms with Gasteiger partial charge in [-0.05, 0) is 55.3 Å². The zero-order chi connectivity index (χ0) is 24.7. The molecule has 1 aromatic heterocycles. The van der Waals surface area contributed by atoms with E-state index in [0.717, 1.165) is 16.8 Å². The first-order chi connectivity index (χ1) is 16.9. The number of benzene rings is 2. The van der Waals surface area contributed by atoms with Crippen molar-refractivity contribution in [2.24, 2.45) is 4.99 Å². The molecule has 35 heavy (non-hydrogen) atoms. The van der Waals surface area contributed by atoms with Crippen LogP contribution in [0.15, 0.2) is 57.8 Å². The van der Waals surface area contributed by atoms with Crippen molar-refractivity contribution >= 4 is 34.8 Å². The number of rotatable bonds is 5. The molecular formula is C26H25N3O5S. The molecule has 180 valence electrons. The minimum absolute atomic E-state index is 0.186. The lowest BCUT2D eigenvalue weighted by molar-refractivity contribution is -0.138. The van der Waals surface area contributed by atoms with Crippen LogP contribution in [0, 0.1) is 0 Å². The van der Waals surface area contributed by atoms with E-state index in [1.165, 1.54) is 15.9 Å². The van der Waals surface area contributed by atoms with Crippen molar-refractivity contribution in [2.75, 3.05) is 32.4 Å². The van der Waals surface area contributed by atoms with Crippen LogP contribution in [0.5, 0.6) is 11.5 Å². The van der Waals surface area contributed by atoms with Crippen molar-refractivity contribution < 1.29 is 19.0 Å². The average molecular weight is 492 g/mol. The molecule has 0 N–H and O–H groups in total.